The molecule has 0 rings (SSSR count). The van der Waals surface area contributed by atoms with Gasteiger partial charge in [-0.3, -0.25) is 14.4 Å². The van der Waals surface area contributed by atoms with Gasteiger partial charge in [0.2, 0.25) is 0 Å². The van der Waals surface area contributed by atoms with E-state index in [1.807, 2.05) is 0 Å². The van der Waals surface area contributed by atoms with Gasteiger partial charge in [-0.25, -0.2) is 0 Å². The van der Waals surface area contributed by atoms with Gasteiger partial charge in [0.25, 0.3) is 0 Å². The van der Waals surface area contributed by atoms with Crippen molar-refractivity contribution in [2.45, 2.75) is 309 Å². The van der Waals surface area contributed by atoms with Crippen LogP contribution in [0, 0.1) is 0 Å². The fourth-order valence-electron chi connectivity index (χ4n) is 8.88. The maximum absolute atomic E-state index is 12.9. The molecule has 6 heteroatoms. The highest BCUT2D eigenvalue weighted by molar-refractivity contribution is 5.71. The first-order valence-corrected chi connectivity index (χ1v) is 32.4. The van der Waals surface area contributed by atoms with E-state index >= 15 is 0 Å². The molecule has 0 aromatic heterocycles. The Labute approximate surface area is 476 Å². The summed E-state index contributed by atoms with van der Waals surface area (Å²) in [5.41, 5.74) is 0. The van der Waals surface area contributed by atoms with E-state index in [9.17, 15) is 14.4 Å². The standard InChI is InChI=1S/C71H120O6/c1-4-7-10-13-16-19-22-25-28-31-33-34-35-36-38-40-43-46-49-52-55-58-61-64-70(73)76-67-68(66-75-69(72)63-60-57-54-51-48-45-42-39-30-27-24-21-18-15-12-9-6-3)77-71(74)65-62-59-56-53-50-47-44-41-37-32-29-26-23-20-17-14-11-8-5-2/h8,11,17,20,22,25-27,29-31,33,35-37,41,47,50,68H,4-7,9-10,12-16,18-19,21,23-24,28,32,34,38-40,42-46,48-49,51-67H2,1-3H3/b11-8-,20-17-,25-22-,29-26-,30-27-,33-31-,36-35-,41-37-,50-47-. The molecule has 0 bridgehead atoms. The third-order valence-electron chi connectivity index (χ3n) is 13.7. The van der Waals surface area contributed by atoms with E-state index in [4.69, 9.17) is 14.2 Å². The second-order valence-corrected chi connectivity index (χ2v) is 21.3. The van der Waals surface area contributed by atoms with Crippen LogP contribution in [-0.2, 0) is 28.6 Å². The third-order valence-corrected chi connectivity index (χ3v) is 13.7. The van der Waals surface area contributed by atoms with Crippen LogP contribution < -0.4 is 0 Å². The Balaban J connectivity index is 4.45. The number of rotatable bonds is 58. The van der Waals surface area contributed by atoms with Gasteiger partial charge in [0.05, 0.1) is 0 Å². The quantitative estimate of drug-likeness (QED) is 0.0261. The van der Waals surface area contributed by atoms with Crippen molar-refractivity contribution in [2.75, 3.05) is 13.2 Å². The van der Waals surface area contributed by atoms with Gasteiger partial charge in [-0.1, -0.05) is 265 Å². The Morgan fingerprint density at radius 3 is 0.818 bits per heavy atom. The van der Waals surface area contributed by atoms with Crippen molar-refractivity contribution in [3.8, 4) is 0 Å². The van der Waals surface area contributed by atoms with E-state index < -0.39 is 6.10 Å². The number of hydrogen-bond acceptors (Lipinski definition) is 6. The molecule has 0 aliphatic carbocycles. The molecule has 6 nitrogen and oxygen atoms in total. The molecule has 1 unspecified atom stereocenters. The predicted molar refractivity (Wildman–Crippen MR) is 334 cm³/mol. The van der Waals surface area contributed by atoms with E-state index in [-0.39, 0.29) is 37.5 Å². The number of hydrogen-bond donors (Lipinski definition) is 0. The lowest BCUT2D eigenvalue weighted by Gasteiger charge is -2.18. The Kier molecular flexibility index (Phi) is 61.3. The summed E-state index contributed by atoms with van der Waals surface area (Å²) >= 11 is 0. The second-order valence-electron chi connectivity index (χ2n) is 21.3. The number of unbranched alkanes of at least 4 members (excludes halogenated alkanes) is 29. The van der Waals surface area contributed by atoms with Crippen LogP contribution in [-0.4, -0.2) is 37.2 Å². The summed E-state index contributed by atoms with van der Waals surface area (Å²) in [6.45, 7) is 6.50. The summed E-state index contributed by atoms with van der Waals surface area (Å²) in [5.74, 6) is -0.933. The van der Waals surface area contributed by atoms with Crippen molar-refractivity contribution in [1.82, 2.24) is 0 Å². The Morgan fingerprint density at radius 2 is 0.506 bits per heavy atom. The normalized spacial score (nSPS) is 12.8. The molecule has 0 aliphatic rings. The third kappa shape index (κ3) is 62.8. The molecule has 0 N–H and O–H groups in total. The molecule has 0 aromatic rings. The van der Waals surface area contributed by atoms with Gasteiger partial charge in [0.15, 0.2) is 6.10 Å². The first kappa shape index (κ1) is 73.1. The van der Waals surface area contributed by atoms with Crippen molar-refractivity contribution < 1.29 is 28.6 Å². The van der Waals surface area contributed by atoms with Crippen molar-refractivity contribution in [3.63, 3.8) is 0 Å². The van der Waals surface area contributed by atoms with Gasteiger partial charge in [-0.15, -0.1) is 0 Å². The monoisotopic (exact) mass is 1070 g/mol. The number of carbonyl (C=O) groups excluding carboxylic acids is 3. The number of esters is 3. The zero-order valence-electron chi connectivity index (χ0n) is 50.4. The molecule has 0 saturated heterocycles. The van der Waals surface area contributed by atoms with Crippen LogP contribution in [0.25, 0.3) is 0 Å². The largest absolute Gasteiger partial charge is 0.462 e. The summed E-state index contributed by atoms with van der Waals surface area (Å²) in [6, 6.07) is 0. The molecular weight excluding hydrogens is 949 g/mol. The van der Waals surface area contributed by atoms with Crippen LogP contribution >= 0.6 is 0 Å². The molecular formula is C71H120O6. The summed E-state index contributed by atoms with van der Waals surface area (Å²) < 4.78 is 16.9. The van der Waals surface area contributed by atoms with Crippen LogP contribution in [0.2, 0.25) is 0 Å². The van der Waals surface area contributed by atoms with Crippen LogP contribution in [0.4, 0.5) is 0 Å². The van der Waals surface area contributed by atoms with Crippen molar-refractivity contribution in [3.05, 3.63) is 109 Å². The van der Waals surface area contributed by atoms with Gasteiger partial charge in [-0.2, -0.15) is 0 Å². The molecule has 0 aromatic carbocycles. The van der Waals surface area contributed by atoms with Crippen molar-refractivity contribution in [1.29, 1.82) is 0 Å². The minimum atomic E-state index is -0.804. The zero-order chi connectivity index (χ0) is 55.7. The average Bonchev–Trinajstić information content (AvgIpc) is 3.43. The molecule has 0 aliphatic heterocycles. The number of carbonyl (C=O) groups is 3. The first-order chi connectivity index (χ1) is 38.0. The van der Waals surface area contributed by atoms with Gasteiger partial charge < -0.3 is 14.2 Å². The first-order valence-electron chi connectivity index (χ1n) is 32.4. The van der Waals surface area contributed by atoms with Crippen molar-refractivity contribution in [2.24, 2.45) is 0 Å². The molecule has 1 atom stereocenters. The molecule has 0 saturated carbocycles. The van der Waals surface area contributed by atoms with Crippen LogP contribution in [0.5, 0.6) is 0 Å². The van der Waals surface area contributed by atoms with E-state index in [1.54, 1.807) is 0 Å². The van der Waals surface area contributed by atoms with Gasteiger partial charge in [-0.05, 0) is 128 Å². The summed E-state index contributed by atoms with van der Waals surface area (Å²) in [7, 11) is 0. The highest BCUT2D eigenvalue weighted by atomic mass is 16.6. The Bertz CT molecular complexity index is 1560. The summed E-state index contributed by atoms with van der Waals surface area (Å²) in [4.78, 5) is 38.4. The van der Waals surface area contributed by atoms with E-state index in [0.29, 0.717) is 12.8 Å². The maximum atomic E-state index is 12.9. The highest BCUT2D eigenvalue weighted by Gasteiger charge is 2.19. The minimum absolute atomic E-state index is 0.0968. The van der Waals surface area contributed by atoms with E-state index in [1.165, 1.54) is 148 Å². The number of ether oxygens (including phenoxy) is 3. The van der Waals surface area contributed by atoms with Crippen LogP contribution in [0.3, 0.4) is 0 Å². The Morgan fingerprint density at radius 1 is 0.273 bits per heavy atom. The topological polar surface area (TPSA) is 78.9 Å². The predicted octanol–water partition coefficient (Wildman–Crippen LogP) is 22.2. The number of allylic oxidation sites excluding steroid dienone is 18. The minimum Gasteiger partial charge on any atom is -0.462 e. The highest BCUT2D eigenvalue weighted by Crippen LogP contribution is 2.15. The molecule has 440 valence electrons. The fraction of sp³-hybridized carbons (Fsp3) is 0.704. The maximum Gasteiger partial charge on any atom is 0.306 e. The summed E-state index contributed by atoms with van der Waals surface area (Å²) in [5, 5.41) is 0. The second kappa shape index (κ2) is 64.6. The van der Waals surface area contributed by atoms with Gasteiger partial charge in [0, 0.05) is 19.3 Å². The lowest BCUT2D eigenvalue weighted by Crippen LogP contribution is -2.30. The van der Waals surface area contributed by atoms with Crippen LogP contribution in [0.15, 0.2) is 109 Å². The average molecular weight is 1070 g/mol. The van der Waals surface area contributed by atoms with Gasteiger partial charge >= 0.3 is 17.9 Å². The Hall–Kier alpha value is -3.93. The molecule has 0 fully saturated rings. The SMILES string of the molecule is CC/C=C\C/C=C\C/C=C\C/C=C\C/C=C\CCCCCC(=O)OC(COC(=O)CCCCCCCCC/C=C\CCCCCCCC)COC(=O)CCCCCCCCCC/C=C\C/C=C\C/C=C\CCCCCCC. The lowest BCUT2D eigenvalue weighted by molar-refractivity contribution is -0.167. The molecule has 0 heterocycles. The lowest BCUT2D eigenvalue weighted by atomic mass is 10.1. The zero-order valence-corrected chi connectivity index (χ0v) is 50.4. The molecule has 0 radical (unpaired) electrons. The summed E-state index contributed by atoms with van der Waals surface area (Å²) in [6.07, 6.45) is 88.0. The molecule has 0 amide bonds. The molecule has 0 spiro atoms. The fourth-order valence-corrected chi connectivity index (χ4v) is 8.88. The van der Waals surface area contributed by atoms with Crippen LogP contribution in [0.1, 0.15) is 303 Å². The van der Waals surface area contributed by atoms with E-state index in [2.05, 4.69) is 130 Å². The molecule has 77 heavy (non-hydrogen) atoms. The van der Waals surface area contributed by atoms with Crippen molar-refractivity contribution >= 4 is 17.9 Å². The van der Waals surface area contributed by atoms with E-state index in [0.717, 1.165) is 116 Å². The smallest absolute Gasteiger partial charge is 0.306 e. The van der Waals surface area contributed by atoms with Gasteiger partial charge in [0.1, 0.15) is 13.2 Å².